The molecule has 0 spiro atoms. The van der Waals surface area contributed by atoms with Crippen LogP contribution in [0.25, 0.3) is 0 Å². The quantitative estimate of drug-likeness (QED) is 0.635. The van der Waals surface area contributed by atoms with Gasteiger partial charge in [-0.1, -0.05) is 11.6 Å². The van der Waals surface area contributed by atoms with Crippen LogP contribution in [-0.2, 0) is 12.6 Å². The molecule has 2 heterocycles. The van der Waals surface area contributed by atoms with Gasteiger partial charge in [0.25, 0.3) is 11.5 Å². The lowest BCUT2D eigenvalue weighted by Crippen LogP contribution is -2.34. The zero-order valence-corrected chi connectivity index (χ0v) is 15.7. The Morgan fingerprint density at radius 2 is 1.97 bits per heavy atom. The normalized spacial score (nSPS) is 13.7. The van der Waals surface area contributed by atoms with Crippen molar-refractivity contribution in [3.63, 3.8) is 0 Å². The number of Topliss-reactive ketones (excluding diaryl/α,β-unsaturated/α-hetero) is 1. The summed E-state index contributed by atoms with van der Waals surface area (Å²) in [5.74, 6) is -0.756. The van der Waals surface area contributed by atoms with Crippen LogP contribution in [0.5, 0.6) is 0 Å². The molecule has 0 atom stereocenters. The third-order valence-corrected chi connectivity index (χ3v) is 4.66. The molecule has 0 unspecified atom stereocenters. The monoisotopic (exact) mass is 428 g/mol. The van der Waals surface area contributed by atoms with Gasteiger partial charge in [0.1, 0.15) is 11.4 Å². The van der Waals surface area contributed by atoms with Crippen LogP contribution in [0.2, 0.25) is 5.02 Å². The first-order valence-corrected chi connectivity index (χ1v) is 9.09. The number of hydrogen-bond donors (Lipinski definition) is 3. The second-order valence-electron chi connectivity index (χ2n) is 6.42. The Hall–Kier alpha value is -2.88. The van der Waals surface area contributed by atoms with E-state index in [4.69, 9.17) is 11.6 Å². The summed E-state index contributed by atoms with van der Waals surface area (Å²) in [5, 5.41) is 5.00. The number of rotatable bonds is 5. The molecule has 1 amide bonds. The maximum absolute atomic E-state index is 12.6. The number of aryl methyl sites for hydroxylation is 1. The molecule has 0 aliphatic heterocycles. The number of nitrogens with zero attached hydrogens (tertiary/aromatic N) is 1. The molecule has 3 rings (SSSR count). The minimum absolute atomic E-state index is 0.0335. The van der Waals surface area contributed by atoms with Crippen LogP contribution in [0.15, 0.2) is 23.1 Å². The second kappa shape index (κ2) is 8.24. The number of nitrogens with one attached hydrogen (secondary N) is 3. The van der Waals surface area contributed by atoms with Crippen LogP contribution in [0, 0.1) is 0 Å². The van der Waals surface area contributed by atoms with E-state index in [-0.39, 0.29) is 35.3 Å². The van der Waals surface area contributed by atoms with E-state index >= 15 is 0 Å². The molecule has 1 aliphatic carbocycles. The Labute approximate surface area is 167 Å². The highest BCUT2D eigenvalue weighted by Gasteiger charge is 2.31. The van der Waals surface area contributed by atoms with Gasteiger partial charge in [-0.25, -0.2) is 4.98 Å². The Bertz CT molecular complexity index is 1020. The van der Waals surface area contributed by atoms with Crippen molar-refractivity contribution in [1.82, 2.24) is 15.3 Å². The summed E-state index contributed by atoms with van der Waals surface area (Å²) in [7, 11) is 0. The molecule has 0 radical (unpaired) electrons. The molecular formula is C18H16ClF3N4O3. The minimum atomic E-state index is -4.55. The van der Waals surface area contributed by atoms with Gasteiger partial charge in [-0.3, -0.25) is 14.4 Å². The summed E-state index contributed by atoms with van der Waals surface area (Å²) in [6.07, 6.45) is -2.31. The highest BCUT2D eigenvalue weighted by molar-refractivity contribution is 6.32. The first-order chi connectivity index (χ1) is 13.7. The lowest BCUT2D eigenvalue weighted by atomic mass is 9.93. The Balaban J connectivity index is 1.59. The average Bonchev–Trinajstić information content (AvgIpc) is 2.65. The Morgan fingerprint density at radius 1 is 1.21 bits per heavy atom. The number of fused-ring (bicyclic) bond motifs is 1. The van der Waals surface area contributed by atoms with Crippen molar-refractivity contribution in [2.75, 3.05) is 18.4 Å². The van der Waals surface area contributed by atoms with Gasteiger partial charge >= 0.3 is 6.18 Å². The number of ketones is 1. The maximum atomic E-state index is 12.6. The smallest absolute Gasteiger partial charge is 0.367 e. The number of carbonyl (C=O) groups excluding carboxylic acids is 2. The van der Waals surface area contributed by atoms with Crippen LogP contribution < -0.4 is 16.2 Å². The summed E-state index contributed by atoms with van der Waals surface area (Å²) in [5.41, 5.74) is -0.851. The molecule has 154 valence electrons. The van der Waals surface area contributed by atoms with Gasteiger partial charge in [0.2, 0.25) is 0 Å². The van der Waals surface area contributed by atoms with E-state index in [0.717, 1.165) is 6.07 Å². The van der Waals surface area contributed by atoms with Crippen molar-refractivity contribution in [2.45, 2.75) is 25.4 Å². The standard InChI is InChI=1S/C18H16ClF3N4O3/c19-12-6-9(18(20,21)22)8-25-15(12)23-4-5-24-16(28)11-7-10-13(26-17(11)29)2-1-3-14(10)27/h6-8H,1-5H2,(H,23,25)(H,24,28)(H,26,29). The highest BCUT2D eigenvalue weighted by atomic mass is 35.5. The Kier molecular flexibility index (Phi) is 5.92. The zero-order valence-electron chi connectivity index (χ0n) is 15.0. The van der Waals surface area contributed by atoms with Crippen LogP contribution in [-0.4, -0.2) is 34.7 Å². The highest BCUT2D eigenvalue weighted by Crippen LogP contribution is 2.32. The summed E-state index contributed by atoms with van der Waals surface area (Å²) in [4.78, 5) is 42.5. The predicted molar refractivity (Wildman–Crippen MR) is 99.4 cm³/mol. The van der Waals surface area contributed by atoms with Gasteiger partial charge in [0.15, 0.2) is 5.78 Å². The number of aromatic amines is 1. The molecule has 3 N–H and O–H groups in total. The van der Waals surface area contributed by atoms with Crippen LogP contribution >= 0.6 is 11.6 Å². The van der Waals surface area contributed by atoms with E-state index in [1.165, 1.54) is 6.07 Å². The number of anilines is 1. The summed E-state index contributed by atoms with van der Waals surface area (Å²) >= 11 is 5.78. The number of pyridine rings is 2. The van der Waals surface area contributed by atoms with Crippen molar-refractivity contribution in [3.05, 3.63) is 56.1 Å². The lowest BCUT2D eigenvalue weighted by molar-refractivity contribution is -0.137. The molecule has 2 aromatic rings. The van der Waals surface area contributed by atoms with Gasteiger partial charge in [-0.15, -0.1) is 0 Å². The number of aromatic nitrogens is 2. The van der Waals surface area contributed by atoms with E-state index < -0.39 is 23.2 Å². The summed E-state index contributed by atoms with van der Waals surface area (Å²) < 4.78 is 37.8. The number of hydrogen-bond acceptors (Lipinski definition) is 5. The van der Waals surface area contributed by atoms with Gasteiger partial charge in [0, 0.05) is 37.0 Å². The first kappa shape index (κ1) is 20.8. The third-order valence-electron chi connectivity index (χ3n) is 4.37. The molecule has 0 saturated carbocycles. The van der Waals surface area contributed by atoms with Crippen molar-refractivity contribution in [1.29, 1.82) is 0 Å². The molecular weight excluding hydrogens is 413 g/mol. The molecule has 1 aliphatic rings. The van der Waals surface area contributed by atoms with E-state index in [1.54, 1.807) is 0 Å². The van der Waals surface area contributed by atoms with Crippen LogP contribution in [0.3, 0.4) is 0 Å². The second-order valence-corrected chi connectivity index (χ2v) is 6.82. The third kappa shape index (κ3) is 4.76. The van der Waals surface area contributed by atoms with Gasteiger partial charge in [0.05, 0.1) is 10.6 Å². The molecule has 0 saturated heterocycles. The van der Waals surface area contributed by atoms with Gasteiger partial charge < -0.3 is 15.6 Å². The fraction of sp³-hybridized carbons (Fsp3) is 0.333. The van der Waals surface area contributed by atoms with Crippen LogP contribution in [0.4, 0.5) is 19.0 Å². The SMILES string of the molecule is O=C1CCCc2[nH]c(=O)c(C(=O)NCCNc3ncc(C(F)(F)F)cc3Cl)cc21. The van der Waals surface area contributed by atoms with Gasteiger partial charge in [-0.2, -0.15) is 13.2 Å². The lowest BCUT2D eigenvalue weighted by Gasteiger charge is -2.15. The van der Waals surface area contributed by atoms with E-state index in [2.05, 4.69) is 20.6 Å². The number of carbonyl (C=O) groups is 2. The zero-order chi connectivity index (χ0) is 21.2. The molecule has 2 aromatic heterocycles. The van der Waals surface area contributed by atoms with Crippen molar-refractivity contribution < 1.29 is 22.8 Å². The largest absolute Gasteiger partial charge is 0.417 e. The average molecular weight is 429 g/mol. The fourth-order valence-electron chi connectivity index (χ4n) is 2.92. The van der Waals surface area contributed by atoms with Crippen LogP contribution in [0.1, 0.15) is 44.8 Å². The molecule has 7 nitrogen and oxygen atoms in total. The van der Waals surface area contributed by atoms with Crippen molar-refractivity contribution in [3.8, 4) is 0 Å². The number of halogens is 4. The topological polar surface area (TPSA) is 104 Å². The molecule has 0 bridgehead atoms. The number of H-pyrrole nitrogens is 1. The molecule has 0 fully saturated rings. The number of alkyl halides is 3. The Morgan fingerprint density at radius 3 is 2.66 bits per heavy atom. The first-order valence-electron chi connectivity index (χ1n) is 8.71. The summed E-state index contributed by atoms with van der Waals surface area (Å²) in [6, 6.07) is 2.05. The fourth-order valence-corrected chi connectivity index (χ4v) is 3.15. The molecule has 0 aromatic carbocycles. The number of amides is 1. The maximum Gasteiger partial charge on any atom is 0.417 e. The van der Waals surface area contributed by atoms with Crippen molar-refractivity contribution >= 4 is 29.1 Å². The van der Waals surface area contributed by atoms with E-state index in [9.17, 15) is 27.6 Å². The molecule has 11 heteroatoms. The van der Waals surface area contributed by atoms with E-state index in [0.29, 0.717) is 36.7 Å². The van der Waals surface area contributed by atoms with E-state index in [1.807, 2.05) is 0 Å². The summed E-state index contributed by atoms with van der Waals surface area (Å²) in [6.45, 7) is 0.147. The van der Waals surface area contributed by atoms with Crippen molar-refractivity contribution in [2.24, 2.45) is 0 Å². The predicted octanol–water partition coefficient (Wildman–Crippen LogP) is 2.80. The van der Waals surface area contributed by atoms with Gasteiger partial charge in [-0.05, 0) is 25.0 Å². The molecule has 29 heavy (non-hydrogen) atoms. The minimum Gasteiger partial charge on any atom is -0.367 e.